The molecule has 7 heteroatoms. The molecule has 0 bridgehead atoms. The predicted molar refractivity (Wildman–Crippen MR) is 59.4 cm³/mol. The summed E-state index contributed by atoms with van der Waals surface area (Å²) in [5.41, 5.74) is 0.430. The van der Waals surface area contributed by atoms with Gasteiger partial charge < -0.3 is 5.11 Å². The van der Waals surface area contributed by atoms with E-state index in [1.54, 1.807) is 6.07 Å². The quantitative estimate of drug-likeness (QED) is 0.824. The van der Waals surface area contributed by atoms with Crippen LogP contribution < -0.4 is 4.72 Å². The van der Waals surface area contributed by atoms with Crippen LogP contribution in [0.5, 0.6) is 0 Å². The average molecular weight is 261 g/mol. The maximum absolute atomic E-state index is 12.9. The van der Waals surface area contributed by atoms with E-state index in [4.69, 9.17) is 5.11 Å². The van der Waals surface area contributed by atoms with Crippen molar-refractivity contribution in [2.45, 2.75) is 13.0 Å². The molecule has 94 valence electrons. The monoisotopic (exact) mass is 261 g/mol. The van der Waals surface area contributed by atoms with E-state index in [-0.39, 0.29) is 0 Å². The van der Waals surface area contributed by atoms with Crippen LogP contribution in [0.2, 0.25) is 0 Å². The van der Waals surface area contributed by atoms with Gasteiger partial charge in [0.1, 0.15) is 5.82 Å². The first kappa shape index (κ1) is 13.6. The molecule has 0 aromatic heterocycles. The Kier molecular flexibility index (Phi) is 4.19. The van der Waals surface area contributed by atoms with E-state index < -0.39 is 33.6 Å². The molecule has 0 amide bonds. The van der Waals surface area contributed by atoms with Gasteiger partial charge in [-0.05, 0) is 24.6 Å². The third-order valence-corrected chi connectivity index (χ3v) is 3.36. The van der Waals surface area contributed by atoms with Crippen molar-refractivity contribution in [3.8, 4) is 0 Å². The third kappa shape index (κ3) is 4.49. The summed E-state index contributed by atoms with van der Waals surface area (Å²) in [5, 5.41) is 8.40. The Morgan fingerprint density at radius 1 is 1.53 bits per heavy atom. The molecule has 17 heavy (non-hydrogen) atoms. The van der Waals surface area contributed by atoms with Gasteiger partial charge in [0.2, 0.25) is 10.0 Å². The molecule has 0 aliphatic heterocycles. The van der Waals surface area contributed by atoms with Gasteiger partial charge in [0.05, 0.1) is 0 Å². The number of benzene rings is 1. The molecule has 0 aliphatic carbocycles. The number of carbonyl (C=O) groups is 1. The smallest absolute Gasteiger partial charge is 0.320 e. The fraction of sp³-hybridized carbons (Fsp3) is 0.300. The normalized spacial score (nSPS) is 13.3. The molecule has 1 aromatic rings. The van der Waals surface area contributed by atoms with Gasteiger partial charge in [0.25, 0.3) is 0 Å². The molecule has 0 spiro atoms. The second-order valence-corrected chi connectivity index (χ2v) is 5.30. The van der Waals surface area contributed by atoms with E-state index in [0.29, 0.717) is 5.56 Å². The highest BCUT2D eigenvalue weighted by Crippen LogP contribution is 2.14. The van der Waals surface area contributed by atoms with E-state index in [9.17, 15) is 17.6 Å². The minimum Gasteiger partial charge on any atom is -0.480 e. The van der Waals surface area contributed by atoms with E-state index in [1.807, 2.05) is 0 Å². The zero-order valence-electron chi connectivity index (χ0n) is 9.05. The highest BCUT2D eigenvalue weighted by molar-refractivity contribution is 7.90. The van der Waals surface area contributed by atoms with Crippen LogP contribution in [-0.4, -0.2) is 25.2 Å². The van der Waals surface area contributed by atoms with Crippen molar-refractivity contribution in [3.63, 3.8) is 0 Å². The van der Waals surface area contributed by atoms with Crippen molar-refractivity contribution >= 4 is 16.0 Å². The molecule has 0 fully saturated rings. The number of carboxylic acids is 1. The summed E-state index contributed by atoms with van der Waals surface area (Å²) >= 11 is 0. The zero-order valence-corrected chi connectivity index (χ0v) is 9.87. The lowest BCUT2D eigenvalue weighted by molar-refractivity contribution is -0.134. The van der Waals surface area contributed by atoms with Gasteiger partial charge in [0.15, 0.2) is 5.75 Å². The Bertz CT molecular complexity index is 515. The number of carboxylic acid groups (broad SMARTS) is 1. The Morgan fingerprint density at radius 2 is 2.18 bits per heavy atom. The molecular weight excluding hydrogens is 249 g/mol. The molecule has 0 saturated carbocycles. The summed E-state index contributed by atoms with van der Waals surface area (Å²) in [5.74, 6) is -2.93. The van der Waals surface area contributed by atoms with E-state index in [1.165, 1.54) is 25.1 Å². The van der Waals surface area contributed by atoms with E-state index in [2.05, 4.69) is 4.72 Å². The predicted octanol–water partition coefficient (Wildman–Crippen LogP) is 0.891. The van der Waals surface area contributed by atoms with Crippen LogP contribution >= 0.6 is 0 Å². The van der Waals surface area contributed by atoms with Crippen molar-refractivity contribution in [1.29, 1.82) is 0 Å². The molecule has 1 rings (SSSR count). The summed E-state index contributed by atoms with van der Waals surface area (Å²) in [6, 6.07) is 4.75. The third-order valence-electron chi connectivity index (χ3n) is 2.02. The van der Waals surface area contributed by atoms with Gasteiger partial charge in [-0.1, -0.05) is 12.1 Å². The molecule has 0 saturated heterocycles. The van der Waals surface area contributed by atoms with Crippen LogP contribution in [0.1, 0.15) is 18.5 Å². The molecular formula is C10H12FNO4S. The molecule has 1 atom stereocenters. The number of rotatable bonds is 5. The fourth-order valence-electron chi connectivity index (χ4n) is 1.32. The van der Waals surface area contributed by atoms with Crippen molar-refractivity contribution in [3.05, 3.63) is 35.6 Å². The van der Waals surface area contributed by atoms with Gasteiger partial charge in [0, 0.05) is 6.04 Å². The standard InChI is InChI=1S/C10H12FNO4S/c1-7(8-3-2-4-9(11)5-8)12-17(15,16)6-10(13)14/h2-5,7,12H,6H2,1H3,(H,13,14)/t7-/m0/s1. The van der Waals surface area contributed by atoms with Gasteiger partial charge in [-0.25, -0.2) is 17.5 Å². The van der Waals surface area contributed by atoms with Crippen molar-refractivity contribution in [1.82, 2.24) is 4.72 Å². The number of nitrogens with one attached hydrogen (secondary N) is 1. The molecule has 0 aliphatic rings. The van der Waals surface area contributed by atoms with Crippen molar-refractivity contribution < 1.29 is 22.7 Å². The topological polar surface area (TPSA) is 83.5 Å². The Balaban J connectivity index is 2.79. The Morgan fingerprint density at radius 3 is 2.71 bits per heavy atom. The Labute approximate surface area is 98.3 Å². The summed E-state index contributed by atoms with van der Waals surface area (Å²) in [7, 11) is -3.91. The summed E-state index contributed by atoms with van der Waals surface area (Å²) in [6.07, 6.45) is 0. The first-order chi connectivity index (χ1) is 7.80. The van der Waals surface area contributed by atoms with Crippen LogP contribution in [-0.2, 0) is 14.8 Å². The van der Waals surface area contributed by atoms with E-state index in [0.717, 1.165) is 0 Å². The fourth-order valence-corrected chi connectivity index (χ4v) is 2.40. The first-order valence-corrected chi connectivity index (χ1v) is 6.42. The maximum Gasteiger partial charge on any atom is 0.320 e. The lowest BCUT2D eigenvalue weighted by atomic mass is 10.1. The molecule has 5 nitrogen and oxygen atoms in total. The van der Waals surface area contributed by atoms with Crippen LogP contribution in [0.15, 0.2) is 24.3 Å². The summed E-state index contributed by atoms with van der Waals surface area (Å²) < 4.78 is 37.7. The SMILES string of the molecule is C[C@H](NS(=O)(=O)CC(=O)O)c1cccc(F)c1. The lowest BCUT2D eigenvalue weighted by Crippen LogP contribution is -2.32. The van der Waals surface area contributed by atoms with Crippen molar-refractivity contribution in [2.75, 3.05) is 5.75 Å². The zero-order chi connectivity index (χ0) is 13.1. The Hall–Kier alpha value is -1.47. The van der Waals surface area contributed by atoms with Crippen LogP contribution in [0.3, 0.4) is 0 Å². The molecule has 0 heterocycles. The number of sulfonamides is 1. The van der Waals surface area contributed by atoms with Gasteiger partial charge in [-0.2, -0.15) is 0 Å². The number of halogens is 1. The van der Waals surface area contributed by atoms with Gasteiger partial charge >= 0.3 is 5.97 Å². The van der Waals surface area contributed by atoms with Gasteiger partial charge in [-0.15, -0.1) is 0 Å². The minimum atomic E-state index is -3.91. The molecule has 1 aromatic carbocycles. The number of aliphatic carboxylic acids is 1. The second-order valence-electron chi connectivity index (χ2n) is 3.55. The summed E-state index contributed by atoms with van der Waals surface area (Å²) in [4.78, 5) is 10.3. The van der Waals surface area contributed by atoms with Crippen molar-refractivity contribution in [2.24, 2.45) is 0 Å². The lowest BCUT2D eigenvalue weighted by Gasteiger charge is -2.13. The van der Waals surface area contributed by atoms with Crippen LogP contribution in [0.25, 0.3) is 0 Å². The van der Waals surface area contributed by atoms with Gasteiger partial charge in [-0.3, -0.25) is 4.79 Å². The second kappa shape index (κ2) is 5.24. The maximum atomic E-state index is 12.9. The largest absolute Gasteiger partial charge is 0.480 e. The van der Waals surface area contributed by atoms with Crippen LogP contribution in [0, 0.1) is 5.82 Å². The first-order valence-electron chi connectivity index (χ1n) is 4.77. The molecule has 0 radical (unpaired) electrons. The number of hydrogen-bond donors (Lipinski definition) is 2. The van der Waals surface area contributed by atoms with Crippen LogP contribution in [0.4, 0.5) is 4.39 Å². The average Bonchev–Trinajstić information content (AvgIpc) is 2.14. The molecule has 0 unspecified atom stereocenters. The summed E-state index contributed by atoms with van der Waals surface area (Å²) in [6.45, 7) is 1.51. The van der Waals surface area contributed by atoms with E-state index >= 15 is 0 Å². The highest BCUT2D eigenvalue weighted by Gasteiger charge is 2.19. The minimum absolute atomic E-state index is 0.430. The number of hydrogen-bond acceptors (Lipinski definition) is 3. The highest BCUT2D eigenvalue weighted by atomic mass is 32.2. The molecule has 2 N–H and O–H groups in total.